The van der Waals surface area contributed by atoms with E-state index in [4.69, 9.17) is 19.9 Å². The van der Waals surface area contributed by atoms with Crippen molar-refractivity contribution in [3.8, 4) is 5.75 Å². The largest absolute Gasteiger partial charge is 0.514 e. The van der Waals surface area contributed by atoms with Crippen molar-refractivity contribution >= 4 is 18.0 Å². The van der Waals surface area contributed by atoms with E-state index in [2.05, 4.69) is 5.43 Å². The van der Waals surface area contributed by atoms with Crippen LogP contribution in [0.2, 0.25) is 0 Å². The molecule has 2 aliphatic rings. The van der Waals surface area contributed by atoms with E-state index in [-0.39, 0.29) is 11.8 Å². The molecule has 0 bridgehead atoms. The van der Waals surface area contributed by atoms with E-state index in [1.807, 2.05) is 6.07 Å². The molecular formula is C21H29N3O6. The Labute approximate surface area is 175 Å². The number of benzene rings is 1. The van der Waals surface area contributed by atoms with Crippen molar-refractivity contribution in [3.63, 3.8) is 0 Å². The maximum atomic E-state index is 13.0. The van der Waals surface area contributed by atoms with Gasteiger partial charge in [0.2, 0.25) is 0 Å². The Balaban J connectivity index is 1.65. The highest BCUT2D eigenvalue weighted by molar-refractivity contribution is 5.91. The third-order valence-corrected chi connectivity index (χ3v) is 5.17. The average molecular weight is 419 g/mol. The summed E-state index contributed by atoms with van der Waals surface area (Å²) in [6, 6.07) is 6.36. The van der Waals surface area contributed by atoms with Crippen LogP contribution in [-0.4, -0.2) is 53.9 Å². The van der Waals surface area contributed by atoms with Gasteiger partial charge in [0.1, 0.15) is 22.9 Å². The lowest BCUT2D eigenvalue weighted by Crippen LogP contribution is -2.60. The molecule has 1 saturated carbocycles. The van der Waals surface area contributed by atoms with Crippen LogP contribution in [0.15, 0.2) is 24.3 Å². The van der Waals surface area contributed by atoms with Crippen LogP contribution >= 0.6 is 0 Å². The van der Waals surface area contributed by atoms with Crippen LogP contribution in [0.1, 0.15) is 51.5 Å². The van der Waals surface area contributed by atoms with Gasteiger partial charge in [-0.1, -0.05) is 12.1 Å². The molecule has 1 aromatic carbocycles. The summed E-state index contributed by atoms with van der Waals surface area (Å²) in [6.45, 7) is 5.73. The number of amides is 1. The van der Waals surface area contributed by atoms with E-state index in [0.29, 0.717) is 31.6 Å². The number of nitrogens with one attached hydrogen (secondary N) is 1. The smallest absolute Gasteiger partial charge is 0.468 e. The molecule has 3 rings (SSSR count). The van der Waals surface area contributed by atoms with Gasteiger partial charge in [-0.15, -0.1) is 0 Å². The lowest BCUT2D eigenvalue weighted by molar-refractivity contribution is -0.150. The van der Waals surface area contributed by atoms with Crippen LogP contribution in [0.4, 0.5) is 4.79 Å². The minimum Gasteiger partial charge on any atom is -0.468 e. The Kier molecular flexibility index (Phi) is 6.05. The molecule has 9 heteroatoms. The molecule has 9 nitrogen and oxygen atoms in total. The molecule has 164 valence electrons. The molecule has 1 aliphatic heterocycles. The van der Waals surface area contributed by atoms with E-state index in [9.17, 15) is 14.4 Å². The normalized spacial score (nSPS) is 26.0. The zero-order valence-electron chi connectivity index (χ0n) is 17.8. The van der Waals surface area contributed by atoms with E-state index in [1.54, 1.807) is 39.0 Å². The standard InChI is InChI=1S/C21H29N3O6/c1-20(2,3)30-19(27)29-14-8-5-7-13(11-14)15-12-21(15,22)18(26)24-10-6-9-16(23-24)17(25)28-4/h5,7-8,11,15-16,23H,6,9-10,12,22H2,1-4H3/t15?,16-,21?/m0/s1. The second kappa shape index (κ2) is 8.23. The van der Waals surface area contributed by atoms with E-state index >= 15 is 0 Å². The van der Waals surface area contributed by atoms with E-state index in [1.165, 1.54) is 12.1 Å². The molecular weight excluding hydrogens is 390 g/mol. The van der Waals surface area contributed by atoms with Gasteiger partial charge in [0.25, 0.3) is 5.91 Å². The summed E-state index contributed by atoms with van der Waals surface area (Å²) in [6.07, 6.45) is 0.944. The zero-order valence-corrected chi connectivity index (χ0v) is 17.8. The Bertz CT molecular complexity index is 836. The summed E-state index contributed by atoms with van der Waals surface area (Å²) in [5, 5.41) is 1.42. The van der Waals surface area contributed by atoms with Crippen molar-refractivity contribution in [2.45, 2.75) is 63.1 Å². The fraction of sp³-hybridized carbons (Fsp3) is 0.571. The second-order valence-electron chi connectivity index (χ2n) is 8.74. The molecule has 0 spiro atoms. The molecule has 30 heavy (non-hydrogen) atoms. The third-order valence-electron chi connectivity index (χ3n) is 5.17. The molecule has 1 amide bonds. The van der Waals surface area contributed by atoms with E-state index in [0.717, 1.165) is 5.56 Å². The van der Waals surface area contributed by atoms with Crippen LogP contribution in [0.3, 0.4) is 0 Å². The first-order valence-corrected chi connectivity index (χ1v) is 9.99. The zero-order chi connectivity index (χ0) is 22.1. The Hall–Kier alpha value is -2.65. The first-order valence-electron chi connectivity index (χ1n) is 9.99. The number of hydrogen-bond acceptors (Lipinski definition) is 8. The SMILES string of the molecule is COC(=O)[C@@H]1CCCN(C(=O)C2(N)CC2c2cccc(OC(=O)OC(C)(C)C)c2)N1. The minimum absolute atomic E-state index is 0.215. The Morgan fingerprint density at radius 2 is 2.00 bits per heavy atom. The number of nitrogens with zero attached hydrogens (tertiary/aromatic N) is 1. The van der Waals surface area contributed by atoms with Crippen molar-refractivity contribution in [2.24, 2.45) is 5.73 Å². The van der Waals surface area contributed by atoms with Gasteiger partial charge in [0.15, 0.2) is 0 Å². The molecule has 0 aromatic heterocycles. The van der Waals surface area contributed by atoms with Crippen LogP contribution in [0.25, 0.3) is 0 Å². The van der Waals surface area contributed by atoms with Crippen LogP contribution in [0.5, 0.6) is 5.75 Å². The van der Waals surface area contributed by atoms with Crippen molar-refractivity contribution in [1.29, 1.82) is 0 Å². The van der Waals surface area contributed by atoms with Gasteiger partial charge < -0.3 is 19.9 Å². The fourth-order valence-corrected chi connectivity index (χ4v) is 3.59. The van der Waals surface area contributed by atoms with Gasteiger partial charge in [-0.25, -0.2) is 10.2 Å². The molecule has 1 aromatic rings. The number of esters is 1. The maximum Gasteiger partial charge on any atom is 0.514 e. The summed E-state index contributed by atoms with van der Waals surface area (Å²) in [5.41, 5.74) is 8.40. The fourth-order valence-electron chi connectivity index (χ4n) is 3.59. The summed E-state index contributed by atoms with van der Waals surface area (Å²) in [4.78, 5) is 36.7. The molecule has 3 N–H and O–H groups in total. The van der Waals surface area contributed by atoms with Gasteiger partial charge >= 0.3 is 12.1 Å². The number of carbonyl (C=O) groups is 3. The van der Waals surface area contributed by atoms with Gasteiger partial charge in [-0.2, -0.15) is 0 Å². The third kappa shape index (κ3) is 4.91. The summed E-state index contributed by atoms with van der Waals surface area (Å²) in [7, 11) is 1.32. The predicted octanol–water partition coefficient (Wildman–Crippen LogP) is 1.85. The van der Waals surface area contributed by atoms with Crippen LogP contribution in [-0.2, 0) is 19.1 Å². The molecule has 2 fully saturated rings. The lowest BCUT2D eigenvalue weighted by atomic mass is 10.0. The number of ether oxygens (including phenoxy) is 3. The number of methoxy groups -OCH3 is 1. The number of rotatable bonds is 4. The van der Waals surface area contributed by atoms with Crippen molar-refractivity contribution in [1.82, 2.24) is 10.4 Å². The maximum absolute atomic E-state index is 13.0. The van der Waals surface area contributed by atoms with Gasteiger partial charge in [0, 0.05) is 12.5 Å². The molecule has 1 aliphatic carbocycles. The highest BCUT2D eigenvalue weighted by atomic mass is 16.7. The molecule has 0 radical (unpaired) electrons. The van der Waals surface area contributed by atoms with Crippen molar-refractivity contribution < 1.29 is 28.6 Å². The molecule has 2 unspecified atom stereocenters. The first-order chi connectivity index (χ1) is 14.0. The number of hydrogen-bond donors (Lipinski definition) is 2. The number of hydrazine groups is 1. The lowest BCUT2D eigenvalue weighted by Gasteiger charge is -2.34. The predicted molar refractivity (Wildman–Crippen MR) is 107 cm³/mol. The highest BCUT2D eigenvalue weighted by Gasteiger charge is 2.59. The van der Waals surface area contributed by atoms with Crippen molar-refractivity contribution in [2.75, 3.05) is 13.7 Å². The van der Waals surface area contributed by atoms with E-state index < -0.39 is 29.3 Å². The highest BCUT2D eigenvalue weighted by Crippen LogP contribution is 2.51. The first kappa shape index (κ1) is 22.0. The minimum atomic E-state index is -1.07. The molecule has 1 heterocycles. The Morgan fingerprint density at radius 1 is 1.27 bits per heavy atom. The summed E-state index contributed by atoms with van der Waals surface area (Å²) < 4.78 is 15.2. The van der Waals surface area contributed by atoms with Crippen LogP contribution < -0.4 is 15.9 Å². The van der Waals surface area contributed by atoms with Crippen LogP contribution in [0, 0.1) is 0 Å². The monoisotopic (exact) mass is 419 g/mol. The Morgan fingerprint density at radius 3 is 2.67 bits per heavy atom. The summed E-state index contributed by atoms with van der Waals surface area (Å²) >= 11 is 0. The number of nitrogens with two attached hydrogens (primary N) is 1. The number of carbonyl (C=O) groups excluding carboxylic acids is 3. The second-order valence-corrected chi connectivity index (χ2v) is 8.74. The van der Waals surface area contributed by atoms with Gasteiger partial charge in [-0.05, 0) is 57.7 Å². The van der Waals surface area contributed by atoms with Gasteiger partial charge in [0.05, 0.1) is 7.11 Å². The topological polar surface area (TPSA) is 120 Å². The quantitative estimate of drug-likeness (QED) is 0.560. The molecule has 3 atom stereocenters. The van der Waals surface area contributed by atoms with Gasteiger partial charge in [-0.3, -0.25) is 14.6 Å². The average Bonchev–Trinajstić information content (AvgIpc) is 3.38. The summed E-state index contributed by atoms with van der Waals surface area (Å²) in [5.74, 6) is -0.560. The van der Waals surface area contributed by atoms with Crippen molar-refractivity contribution in [3.05, 3.63) is 29.8 Å². The molecule has 1 saturated heterocycles.